The molecule has 0 bridgehead atoms. The first-order valence-electron chi connectivity index (χ1n) is 8.19. The van der Waals surface area contributed by atoms with Crippen molar-refractivity contribution in [2.75, 3.05) is 0 Å². The van der Waals surface area contributed by atoms with Crippen LogP contribution in [0.3, 0.4) is 0 Å². The summed E-state index contributed by atoms with van der Waals surface area (Å²) in [4.78, 5) is 18.5. The molecule has 0 aliphatic heterocycles. The Kier molecular flexibility index (Phi) is 5.03. The van der Waals surface area contributed by atoms with Crippen molar-refractivity contribution in [3.05, 3.63) is 65.0 Å². The number of benzene rings is 1. The molecule has 128 valence electrons. The topological polar surface area (TPSA) is 57.0 Å². The summed E-state index contributed by atoms with van der Waals surface area (Å²) in [7, 11) is 0. The van der Waals surface area contributed by atoms with E-state index in [9.17, 15) is 13.6 Å². The lowest BCUT2D eigenvalue weighted by molar-refractivity contribution is 0.0656. The zero-order valence-electron chi connectivity index (χ0n) is 13.6. The van der Waals surface area contributed by atoms with Gasteiger partial charge in [-0.1, -0.05) is 12.8 Å². The number of nitrogens with zero attached hydrogens (tertiary/aromatic N) is 3. The first-order valence-corrected chi connectivity index (χ1v) is 8.19. The second-order valence-electron chi connectivity index (χ2n) is 6.15. The summed E-state index contributed by atoms with van der Waals surface area (Å²) in [5, 5.41) is 8.84. The molecular weight excluding hydrogens is 324 g/mol. The third-order valence-electron chi connectivity index (χ3n) is 4.49. The average Bonchev–Trinajstić information content (AvgIpc) is 3.16. The van der Waals surface area contributed by atoms with Gasteiger partial charge in [0, 0.05) is 24.3 Å². The summed E-state index contributed by atoms with van der Waals surface area (Å²) in [5.41, 5.74) is 0.705. The molecule has 1 aromatic carbocycles. The molecule has 0 unspecified atom stereocenters. The molecule has 1 saturated carbocycles. The molecule has 2 aromatic rings. The fourth-order valence-electron chi connectivity index (χ4n) is 3.16. The van der Waals surface area contributed by atoms with E-state index in [1.165, 1.54) is 18.3 Å². The molecule has 0 atom stereocenters. The molecule has 1 fully saturated rings. The zero-order valence-corrected chi connectivity index (χ0v) is 13.6. The highest BCUT2D eigenvalue weighted by Crippen LogP contribution is 2.27. The minimum atomic E-state index is -0.537. The number of pyridine rings is 1. The van der Waals surface area contributed by atoms with Crippen LogP contribution in [0, 0.1) is 23.0 Å². The fraction of sp³-hybridized carbons (Fsp3) is 0.316. The first kappa shape index (κ1) is 17.0. The summed E-state index contributed by atoms with van der Waals surface area (Å²) >= 11 is 0. The largest absolute Gasteiger partial charge is 0.330 e. The van der Waals surface area contributed by atoms with E-state index in [1.807, 2.05) is 6.07 Å². The number of hydrogen-bond acceptors (Lipinski definition) is 3. The molecule has 0 spiro atoms. The molecule has 4 nitrogen and oxygen atoms in total. The van der Waals surface area contributed by atoms with Crippen LogP contribution in [0.4, 0.5) is 8.78 Å². The van der Waals surface area contributed by atoms with E-state index in [4.69, 9.17) is 5.26 Å². The Morgan fingerprint density at radius 2 is 2.00 bits per heavy atom. The monoisotopic (exact) mass is 341 g/mol. The van der Waals surface area contributed by atoms with Gasteiger partial charge in [0.25, 0.3) is 5.91 Å². The Labute approximate surface area is 144 Å². The Hall–Kier alpha value is -2.81. The molecule has 1 aliphatic carbocycles. The van der Waals surface area contributed by atoms with Crippen molar-refractivity contribution < 1.29 is 13.6 Å². The first-order chi connectivity index (χ1) is 12.1. The van der Waals surface area contributed by atoms with E-state index in [2.05, 4.69) is 4.98 Å². The highest BCUT2D eigenvalue weighted by molar-refractivity contribution is 5.92. The van der Waals surface area contributed by atoms with Gasteiger partial charge in [-0.15, -0.1) is 0 Å². The lowest BCUT2D eigenvalue weighted by Gasteiger charge is -2.29. The van der Waals surface area contributed by atoms with Gasteiger partial charge < -0.3 is 4.90 Å². The van der Waals surface area contributed by atoms with E-state index in [0.29, 0.717) is 5.56 Å². The number of hydrogen-bond donors (Lipinski definition) is 0. The molecule has 1 amide bonds. The number of nitriles is 1. The maximum Gasteiger partial charge on any atom is 0.272 e. The number of aromatic nitrogens is 1. The van der Waals surface area contributed by atoms with Crippen molar-refractivity contribution in [1.29, 1.82) is 5.26 Å². The Morgan fingerprint density at radius 3 is 2.64 bits per heavy atom. The minimum absolute atomic E-state index is 0.00518. The van der Waals surface area contributed by atoms with Crippen LogP contribution in [0.25, 0.3) is 0 Å². The predicted octanol–water partition coefficient (Wildman–Crippen LogP) is 3.82. The SMILES string of the molecule is N#Cc1ccc(C(=O)N(Cc2cc(F)ccc2F)C2CCCC2)nc1. The molecule has 1 aromatic heterocycles. The van der Waals surface area contributed by atoms with Gasteiger partial charge in [-0.3, -0.25) is 4.79 Å². The van der Waals surface area contributed by atoms with Gasteiger partial charge in [-0.25, -0.2) is 13.8 Å². The Balaban J connectivity index is 1.89. The number of rotatable bonds is 4. The zero-order chi connectivity index (χ0) is 17.8. The van der Waals surface area contributed by atoms with Crippen LogP contribution in [-0.4, -0.2) is 21.8 Å². The van der Waals surface area contributed by atoms with Crippen LogP contribution in [-0.2, 0) is 6.54 Å². The Bertz CT molecular complexity index is 808. The van der Waals surface area contributed by atoms with Gasteiger partial charge >= 0.3 is 0 Å². The van der Waals surface area contributed by atoms with Gasteiger partial charge in [0.15, 0.2) is 0 Å². The number of halogens is 2. The second kappa shape index (κ2) is 7.39. The number of carbonyl (C=O) groups excluding carboxylic acids is 1. The van der Waals surface area contributed by atoms with E-state index in [1.54, 1.807) is 4.90 Å². The van der Waals surface area contributed by atoms with Gasteiger partial charge in [-0.2, -0.15) is 5.26 Å². The van der Waals surface area contributed by atoms with Gasteiger partial charge in [0.2, 0.25) is 0 Å². The van der Waals surface area contributed by atoms with Crippen LogP contribution in [0.5, 0.6) is 0 Å². The van der Waals surface area contributed by atoms with E-state index in [-0.39, 0.29) is 29.8 Å². The fourth-order valence-corrected chi connectivity index (χ4v) is 3.16. The summed E-state index contributed by atoms with van der Waals surface area (Å²) in [5.74, 6) is -1.41. The van der Waals surface area contributed by atoms with Crippen molar-refractivity contribution in [1.82, 2.24) is 9.88 Å². The highest BCUT2D eigenvalue weighted by Gasteiger charge is 2.29. The van der Waals surface area contributed by atoms with Crippen LogP contribution in [0.15, 0.2) is 36.5 Å². The van der Waals surface area contributed by atoms with Gasteiger partial charge in [0.1, 0.15) is 23.4 Å². The summed E-state index contributed by atoms with van der Waals surface area (Å²) in [6.07, 6.45) is 5.00. The van der Waals surface area contributed by atoms with Crippen LogP contribution < -0.4 is 0 Å². The molecule has 1 aliphatic rings. The quantitative estimate of drug-likeness (QED) is 0.849. The van der Waals surface area contributed by atoms with Crippen molar-refractivity contribution in [2.24, 2.45) is 0 Å². The van der Waals surface area contributed by atoms with Crippen molar-refractivity contribution in [3.8, 4) is 6.07 Å². The van der Waals surface area contributed by atoms with Crippen LogP contribution >= 0.6 is 0 Å². The van der Waals surface area contributed by atoms with Gasteiger partial charge in [-0.05, 0) is 43.2 Å². The summed E-state index contributed by atoms with van der Waals surface area (Å²) in [6.45, 7) is -0.00518. The molecule has 0 N–H and O–H groups in total. The average molecular weight is 341 g/mol. The smallest absolute Gasteiger partial charge is 0.272 e. The molecule has 1 heterocycles. The molecule has 6 heteroatoms. The predicted molar refractivity (Wildman–Crippen MR) is 87.4 cm³/mol. The third-order valence-corrected chi connectivity index (χ3v) is 4.49. The standard InChI is InChI=1S/C19H17F2N3O/c20-15-6-7-17(21)14(9-15)12-24(16-3-1-2-4-16)19(25)18-8-5-13(10-22)11-23-18/h5-9,11,16H,1-4,12H2. The van der Waals surface area contributed by atoms with Crippen LogP contribution in [0.1, 0.15) is 47.3 Å². The summed E-state index contributed by atoms with van der Waals surface area (Å²) < 4.78 is 27.5. The molecular formula is C19H17F2N3O. The van der Waals surface area contributed by atoms with Crippen LogP contribution in [0.2, 0.25) is 0 Å². The molecule has 25 heavy (non-hydrogen) atoms. The van der Waals surface area contributed by atoms with Crippen molar-refractivity contribution in [3.63, 3.8) is 0 Å². The van der Waals surface area contributed by atoms with E-state index in [0.717, 1.165) is 43.9 Å². The maximum absolute atomic E-state index is 14.0. The Morgan fingerprint density at radius 1 is 1.24 bits per heavy atom. The van der Waals surface area contributed by atoms with E-state index >= 15 is 0 Å². The molecule has 3 rings (SSSR count). The summed E-state index contributed by atoms with van der Waals surface area (Å²) in [6, 6.07) is 8.20. The molecule has 0 radical (unpaired) electrons. The third kappa shape index (κ3) is 3.82. The minimum Gasteiger partial charge on any atom is -0.330 e. The second-order valence-corrected chi connectivity index (χ2v) is 6.15. The van der Waals surface area contributed by atoms with Crippen molar-refractivity contribution >= 4 is 5.91 Å². The van der Waals surface area contributed by atoms with Gasteiger partial charge in [0.05, 0.1) is 5.56 Å². The lowest BCUT2D eigenvalue weighted by Crippen LogP contribution is -2.39. The number of amides is 1. The van der Waals surface area contributed by atoms with Crippen molar-refractivity contribution in [2.45, 2.75) is 38.3 Å². The van der Waals surface area contributed by atoms with E-state index < -0.39 is 11.6 Å². The number of carbonyl (C=O) groups is 1. The molecule has 0 saturated heterocycles. The normalized spacial score (nSPS) is 14.3. The highest BCUT2D eigenvalue weighted by atomic mass is 19.1. The maximum atomic E-state index is 14.0. The lowest BCUT2D eigenvalue weighted by atomic mass is 10.1.